The van der Waals surface area contributed by atoms with E-state index in [2.05, 4.69) is 11.4 Å². The average molecular weight is 513 g/mol. The molecule has 2 saturated heterocycles. The van der Waals surface area contributed by atoms with E-state index in [0.29, 0.717) is 19.5 Å². The van der Waals surface area contributed by atoms with Crippen molar-refractivity contribution in [1.82, 2.24) is 19.4 Å². The predicted octanol–water partition coefficient (Wildman–Crippen LogP) is 2.98. The van der Waals surface area contributed by atoms with Crippen molar-refractivity contribution in [1.29, 1.82) is 0 Å². The number of amides is 3. The Balaban J connectivity index is 1.22. The summed E-state index contributed by atoms with van der Waals surface area (Å²) in [6, 6.07) is 5.17. The van der Waals surface area contributed by atoms with Crippen LogP contribution in [0.1, 0.15) is 76.8 Å². The van der Waals surface area contributed by atoms with Gasteiger partial charge in [-0.3, -0.25) is 24.0 Å². The van der Waals surface area contributed by atoms with Crippen molar-refractivity contribution in [3.05, 3.63) is 34.2 Å². The molecule has 2 aromatic rings. The van der Waals surface area contributed by atoms with Crippen molar-refractivity contribution < 1.29 is 23.9 Å². The van der Waals surface area contributed by atoms with Gasteiger partial charge in [-0.15, -0.1) is 0 Å². The Morgan fingerprint density at radius 3 is 2.38 bits per heavy atom. The summed E-state index contributed by atoms with van der Waals surface area (Å²) in [5.74, 6) is -0.462. The Labute approximate surface area is 215 Å². The van der Waals surface area contributed by atoms with Crippen LogP contribution in [0.5, 0.6) is 0 Å². The molecular formula is C27H36N4O6. The first-order valence-electron chi connectivity index (χ1n) is 13.2. The molecule has 5 rings (SSSR count). The van der Waals surface area contributed by atoms with Gasteiger partial charge in [-0.05, 0) is 70.4 Å². The van der Waals surface area contributed by atoms with Gasteiger partial charge in [0, 0.05) is 26.6 Å². The van der Waals surface area contributed by atoms with Crippen molar-refractivity contribution >= 4 is 28.9 Å². The van der Waals surface area contributed by atoms with Gasteiger partial charge in [-0.1, -0.05) is 12.1 Å². The highest BCUT2D eigenvalue weighted by molar-refractivity contribution is 6.00. The van der Waals surface area contributed by atoms with Crippen molar-refractivity contribution in [3.63, 3.8) is 0 Å². The van der Waals surface area contributed by atoms with Gasteiger partial charge in [0.2, 0.25) is 11.8 Å². The second kappa shape index (κ2) is 9.63. The molecule has 3 aliphatic rings. The number of aromatic nitrogens is 2. The third kappa shape index (κ3) is 5.03. The smallest absolute Gasteiger partial charge is 0.410 e. The molecule has 1 aliphatic carbocycles. The summed E-state index contributed by atoms with van der Waals surface area (Å²) in [7, 11) is 1.74. The Hall–Kier alpha value is -3.14. The van der Waals surface area contributed by atoms with E-state index >= 15 is 0 Å². The van der Waals surface area contributed by atoms with Gasteiger partial charge >= 0.3 is 11.8 Å². The fourth-order valence-electron chi connectivity index (χ4n) is 5.73. The topological polar surface area (TPSA) is 112 Å². The van der Waals surface area contributed by atoms with Crippen LogP contribution in [0.15, 0.2) is 23.0 Å². The van der Waals surface area contributed by atoms with Crippen molar-refractivity contribution in [3.8, 4) is 0 Å². The molecule has 37 heavy (non-hydrogen) atoms. The van der Waals surface area contributed by atoms with E-state index in [1.54, 1.807) is 16.5 Å². The number of hydrogen-bond acceptors (Lipinski definition) is 6. The van der Waals surface area contributed by atoms with Gasteiger partial charge in [0.1, 0.15) is 11.6 Å². The first-order chi connectivity index (χ1) is 17.5. The molecule has 3 heterocycles. The van der Waals surface area contributed by atoms with Crippen molar-refractivity contribution in [2.75, 3.05) is 13.1 Å². The number of hydrogen-bond donors (Lipinski definition) is 1. The standard InChI is InChI=1S/C27H36N4O6/c1-27(2,3)37-26(35)30-12-10-17(11-13-30)36-18-14-16(15-18)19-6-5-7-20-23(19)29(4)25(34)31(20)21-8-9-22(32)28-24(21)33/h5-7,16-18,21H,8-15H2,1-4H3,(H,28,32,33)/t16?,18?,21-/m0/s1. The third-order valence-corrected chi connectivity index (χ3v) is 7.67. The average Bonchev–Trinajstić information content (AvgIpc) is 3.06. The Morgan fingerprint density at radius 2 is 1.73 bits per heavy atom. The number of fused-ring (bicyclic) bond motifs is 1. The quantitative estimate of drug-likeness (QED) is 0.631. The van der Waals surface area contributed by atoms with Crippen molar-refractivity contribution in [2.45, 2.75) is 89.1 Å². The summed E-state index contributed by atoms with van der Waals surface area (Å²) in [5, 5.41) is 2.36. The molecule has 3 amide bonds. The molecule has 1 N–H and O–H groups in total. The Morgan fingerprint density at radius 1 is 1.03 bits per heavy atom. The summed E-state index contributed by atoms with van der Waals surface area (Å²) in [6.45, 7) is 6.87. The number of aryl methyl sites for hydroxylation is 1. The molecular weight excluding hydrogens is 476 g/mol. The van der Waals surface area contributed by atoms with Gasteiger partial charge in [-0.2, -0.15) is 0 Å². The van der Waals surface area contributed by atoms with Crippen LogP contribution < -0.4 is 11.0 Å². The number of likely N-dealkylation sites (tertiary alicyclic amines) is 1. The number of imidazole rings is 1. The van der Waals surface area contributed by atoms with Crippen molar-refractivity contribution in [2.24, 2.45) is 7.05 Å². The zero-order valence-corrected chi connectivity index (χ0v) is 22.0. The largest absolute Gasteiger partial charge is 0.444 e. The molecule has 2 aliphatic heterocycles. The van der Waals surface area contributed by atoms with Crippen LogP contribution in [0.4, 0.5) is 4.79 Å². The van der Waals surface area contributed by atoms with Crippen LogP contribution in [0, 0.1) is 0 Å². The van der Waals surface area contributed by atoms with Crippen LogP contribution in [-0.2, 0) is 26.1 Å². The first-order valence-corrected chi connectivity index (χ1v) is 13.2. The van der Waals surface area contributed by atoms with Gasteiger partial charge < -0.3 is 14.4 Å². The van der Waals surface area contributed by atoms with Crippen LogP contribution >= 0.6 is 0 Å². The number of para-hydroxylation sites is 1. The van der Waals surface area contributed by atoms with E-state index in [9.17, 15) is 19.2 Å². The molecule has 1 aromatic heterocycles. The summed E-state index contributed by atoms with van der Waals surface area (Å²) >= 11 is 0. The lowest BCUT2D eigenvalue weighted by atomic mass is 9.77. The van der Waals surface area contributed by atoms with Crippen LogP contribution in [0.25, 0.3) is 11.0 Å². The fourth-order valence-corrected chi connectivity index (χ4v) is 5.73. The maximum Gasteiger partial charge on any atom is 0.410 e. The lowest BCUT2D eigenvalue weighted by Crippen LogP contribution is -2.45. The van der Waals surface area contributed by atoms with E-state index in [4.69, 9.17) is 9.47 Å². The fraction of sp³-hybridized carbons (Fsp3) is 0.630. The lowest BCUT2D eigenvalue weighted by molar-refractivity contribution is -0.135. The third-order valence-electron chi connectivity index (χ3n) is 7.67. The van der Waals surface area contributed by atoms with Crippen LogP contribution in [-0.4, -0.2) is 62.8 Å². The number of carbonyl (C=O) groups is 3. The van der Waals surface area contributed by atoms with E-state index in [1.807, 2.05) is 32.9 Å². The number of benzene rings is 1. The highest BCUT2D eigenvalue weighted by atomic mass is 16.6. The van der Waals surface area contributed by atoms with Crippen LogP contribution in [0.3, 0.4) is 0 Å². The van der Waals surface area contributed by atoms with Gasteiger partial charge in [0.25, 0.3) is 0 Å². The molecule has 1 aromatic carbocycles. The molecule has 3 fully saturated rings. The summed E-state index contributed by atoms with van der Waals surface area (Å²) in [5.41, 5.74) is 1.90. The monoisotopic (exact) mass is 512 g/mol. The Kier molecular flexibility index (Phi) is 6.64. The number of ether oxygens (including phenoxy) is 2. The van der Waals surface area contributed by atoms with Gasteiger partial charge in [-0.25, -0.2) is 9.59 Å². The first kappa shape index (κ1) is 25.5. The zero-order valence-electron chi connectivity index (χ0n) is 22.0. The highest BCUT2D eigenvalue weighted by Crippen LogP contribution is 2.42. The summed E-state index contributed by atoms with van der Waals surface area (Å²) in [4.78, 5) is 51.3. The molecule has 0 radical (unpaired) electrons. The molecule has 10 nitrogen and oxygen atoms in total. The second-order valence-corrected chi connectivity index (χ2v) is 11.5. The number of imide groups is 1. The summed E-state index contributed by atoms with van der Waals surface area (Å²) < 4.78 is 15.0. The van der Waals surface area contributed by atoms with E-state index in [0.717, 1.165) is 42.3 Å². The van der Waals surface area contributed by atoms with E-state index in [1.165, 1.54) is 4.57 Å². The van der Waals surface area contributed by atoms with E-state index < -0.39 is 17.6 Å². The highest BCUT2D eigenvalue weighted by Gasteiger charge is 2.37. The summed E-state index contributed by atoms with van der Waals surface area (Å²) in [6.07, 6.45) is 3.85. The lowest BCUT2D eigenvalue weighted by Gasteiger charge is -2.40. The molecule has 200 valence electrons. The molecule has 10 heteroatoms. The molecule has 1 atom stereocenters. The second-order valence-electron chi connectivity index (χ2n) is 11.5. The number of carbonyl (C=O) groups excluding carboxylic acids is 3. The number of nitrogens with one attached hydrogen (secondary N) is 1. The maximum atomic E-state index is 13.2. The molecule has 1 saturated carbocycles. The molecule has 0 unspecified atom stereocenters. The van der Waals surface area contributed by atoms with Gasteiger partial charge in [0.05, 0.1) is 23.2 Å². The number of piperidine rings is 2. The normalized spacial score (nSPS) is 25.2. The van der Waals surface area contributed by atoms with E-state index in [-0.39, 0.29) is 42.2 Å². The zero-order chi connectivity index (χ0) is 26.5. The maximum absolute atomic E-state index is 13.2. The van der Waals surface area contributed by atoms with Gasteiger partial charge in [0.15, 0.2) is 0 Å². The molecule has 0 bridgehead atoms. The minimum absolute atomic E-state index is 0.124. The number of rotatable bonds is 4. The Bertz CT molecular complexity index is 1270. The predicted molar refractivity (Wildman–Crippen MR) is 136 cm³/mol. The SMILES string of the molecule is Cn1c(=O)n([C@H]2CCC(=O)NC2=O)c2cccc(C3CC(OC4CCN(C(=O)OC(C)(C)C)CC4)C3)c21. The minimum atomic E-state index is -0.687. The number of nitrogens with zero attached hydrogens (tertiary/aromatic N) is 3. The molecule has 0 spiro atoms. The minimum Gasteiger partial charge on any atom is -0.444 e. The van der Waals surface area contributed by atoms with Crippen LogP contribution in [0.2, 0.25) is 0 Å².